The van der Waals surface area contributed by atoms with E-state index in [4.69, 9.17) is 4.74 Å². The van der Waals surface area contributed by atoms with Crippen molar-refractivity contribution < 1.29 is 4.74 Å². The number of rotatable bonds is 7. The molecule has 1 aliphatic carbocycles. The molecule has 8 heteroatoms. The van der Waals surface area contributed by atoms with Crippen LogP contribution in [-0.2, 0) is 4.74 Å². The lowest BCUT2D eigenvalue weighted by atomic mass is 9.93. The van der Waals surface area contributed by atoms with E-state index in [0.29, 0.717) is 18.0 Å². The molecule has 0 aromatic carbocycles. The first-order chi connectivity index (χ1) is 12.2. The number of nitrogens with one attached hydrogen (secondary N) is 1. The molecule has 0 radical (unpaired) electrons. The summed E-state index contributed by atoms with van der Waals surface area (Å²) in [6.45, 7) is 6.90. The molecule has 0 amide bonds. The molecular formula is C17H27N7O. The van der Waals surface area contributed by atoms with Crippen LogP contribution < -0.4 is 5.32 Å². The zero-order chi connectivity index (χ0) is 17.2. The quantitative estimate of drug-likeness (QED) is 0.825. The summed E-state index contributed by atoms with van der Waals surface area (Å²) in [7, 11) is 0. The van der Waals surface area contributed by atoms with Crippen molar-refractivity contribution in [3.63, 3.8) is 0 Å². The maximum atomic E-state index is 5.51. The van der Waals surface area contributed by atoms with Gasteiger partial charge in [0, 0.05) is 31.6 Å². The monoisotopic (exact) mass is 345 g/mol. The number of ether oxygens (including phenoxy) is 1. The van der Waals surface area contributed by atoms with E-state index in [2.05, 4.69) is 44.2 Å². The van der Waals surface area contributed by atoms with Crippen LogP contribution in [0, 0.1) is 5.92 Å². The zero-order valence-electron chi connectivity index (χ0n) is 15.0. The van der Waals surface area contributed by atoms with E-state index in [9.17, 15) is 0 Å². The minimum Gasteiger partial charge on any atom is -0.381 e. The number of hydrogen-bond acceptors (Lipinski definition) is 6. The molecule has 3 heterocycles. The van der Waals surface area contributed by atoms with E-state index < -0.39 is 0 Å². The Morgan fingerprint density at radius 3 is 2.84 bits per heavy atom. The van der Waals surface area contributed by atoms with Gasteiger partial charge in [0.25, 0.3) is 0 Å². The van der Waals surface area contributed by atoms with Gasteiger partial charge in [-0.2, -0.15) is 0 Å². The van der Waals surface area contributed by atoms with E-state index in [1.54, 1.807) is 0 Å². The van der Waals surface area contributed by atoms with Crippen molar-refractivity contribution in [2.75, 3.05) is 19.8 Å². The van der Waals surface area contributed by atoms with Crippen LogP contribution >= 0.6 is 0 Å². The summed E-state index contributed by atoms with van der Waals surface area (Å²) < 4.78 is 9.72. The fraction of sp³-hybridized carbons (Fsp3) is 0.765. The van der Waals surface area contributed by atoms with Gasteiger partial charge in [-0.25, -0.2) is 9.67 Å². The molecule has 25 heavy (non-hydrogen) atoms. The van der Waals surface area contributed by atoms with Crippen molar-refractivity contribution >= 4 is 0 Å². The van der Waals surface area contributed by atoms with Crippen molar-refractivity contribution in [1.82, 2.24) is 35.1 Å². The minimum absolute atomic E-state index is 0.103. The zero-order valence-corrected chi connectivity index (χ0v) is 15.0. The first kappa shape index (κ1) is 16.7. The molecule has 2 atom stereocenters. The van der Waals surface area contributed by atoms with Crippen LogP contribution in [0.2, 0.25) is 0 Å². The van der Waals surface area contributed by atoms with Gasteiger partial charge in [-0.15, -0.1) is 5.10 Å². The predicted molar refractivity (Wildman–Crippen MR) is 92.1 cm³/mol. The average Bonchev–Trinajstić information content (AvgIpc) is 3.27. The molecule has 2 fully saturated rings. The van der Waals surface area contributed by atoms with E-state index in [1.165, 1.54) is 6.42 Å². The molecule has 2 aliphatic rings. The summed E-state index contributed by atoms with van der Waals surface area (Å²) in [4.78, 5) is 4.64. The summed E-state index contributed by atoms with van der Waals surface area (Å²) in [5.41, 5.74) is 0. The van der Waals surface area contributed by atoms with Crippen molar-refractivity contribution in [1.29, 1.82) is 0 Å². The van der Waals surface area contributed by atoms with Gasteiger partial charge >= 0.3 is 0 Å². The molecule has 2 aromatic rings. The van der Waals surface area contributed by atoms with Gasteiger partial charge in [0.15, 0.2) is 5.82 Å². The van der Waals surface area contributed by atoms with Crippen molar-refractivity contribution in [2.45, 2.75) is 57.7 Å². The maximum absolute atomic E-state index is 5.51. The Morgan fingerprint density at radius 2 is 2.16 bits per heavy atom. The molecule has 8 nitrogen and oxygen atoms in total. The van der Waals surface area contributed by atoms with Gasteiger partial charge in [-0.3, -0.25) is 0 Å². The standard InChI is InChI=1S/C17H27N7O/c1-12(2)23-8-7-18-16(23)15(19-10-13-6-9-25-11-13)17-20-21-22-24(17)14-4-3-5-14/h7-8,12-15,19H,3-6,9-11H2,1-2H3. The Morgan fingerprint density at radius 1 is 1.28 bits per heavy atom. The number of tetrazole rings is 1. The van der Waals surface area contributed by atoms with Gasteiger partial charge in [-0.1, -0.05) is 0 Å². The highest BCUT2D eigenvalue weighted by atomic mass is 16.5. The van der Waals surface area contributed by atoms with Crippen molar-refractivity contribution in [3.8, 4) is 0 Å². The Balaban J connectivity index is 1.63. The molecule has 1 N–H and O–H groups in total. The molecule has 136 valence electrons. The highest BCUT2D eigenvalue weighted by Crippen LogP contribution is 2.33. The lowest BCUT2D eigenvalue weighted by Crippen LogP contribution is -2.34. The predicted octanol–water partition coefficient (Wildman–Crippen LogP) is 1.89. The summed E-state index contributed by atoms with van der Waals surface area (Å²) >= 11 is 0. The Bertz CT molecular complexity index is 685. The highest BCUT2D eigenvalue weighted by Gasteiger charge is 2.31. The Kier molecular flexibility index (Phi) is 4.80. The second kappa shape index (κ2) is 7.21. The second-order valence-electron chi connectivity index (χ2n) is 7.42. The normalized spacial score (nSPS) is 22.4. The molecule has 1 saturated carbocycles. The van der Waals surface area contributed by atoms with Gasteiger partial charge in [0.1, 0.15) is 11.9 Å². The third-order valence-electron chi connectivity index (χ3n) is 5.34. The number of nitrogens with zero attached hydrogens (tertiary/aromatic N) is 6. The van der Waals surface area contributed by atoms with Gasteiger partial charge in [0.05, 0.1) is 12.6 Å². The third-order valence-corrected chi connectivity index (χ3v) is 5.34. The summed E-state index contributed by atoms with van der Waals surface area (Å²) in [5, 5.41) is 16.3. The fourth-order valence-electron chi connectivity index (χ4n) is 3.59. The molecule has 1 aliphatic heterocycles. The molecule has 4 rings (SSSR count). The Labute approximate surface area is 148 Å². The van der Waals surface area contributed by atoms with Crippen molar-refractivity contribution in [3.05, 3.63) is 24.0 Å². The molecule has 2 aromatic heterocycles. The van der Waals surface area contributed by atoms with Crippen LogP contribution in [0.1, 0.15) is 69.3 Å². The molecule has 2 unspecified atom stereocenters. The van der Waals surface area contributed by atoms with E-state index in [0.717, 1.165) is 50.7 Å². The average molecular weight is 345 g/mol. The first-order valence-electron chi connectivity index (χ1n) is 9.35. The van der Waals surface area contributed by atoms with Crippen LogP contribution in [0.15, 0.2) is 12.4 Å². The maximum Gasteiger partial charge on any atom is 0.176 e. The Hall–Kier alpha value is -1.80. The van der Waals surface area contributed by atoms with E-state index >= 15 is 0 Å². The van der Waals surface area contributed by atoms with Gasteiger partial charge in [0.2, 0.25) is 0 Å². The highest BCUT2D eigenvalue weighted by molar-refractivity contribution is 5.12. The van der Waals surface area contributed by atoms with Crippen LogP contribution in [0.5, 0.6) is 0 Å². The fourth-order valence-corrected chi connectivity index (χ4v) is 3.59. The van der Waals surface area contributed by atoms with Crippen LogP contribution in [-0.4, -0.2) is 49.5 Å². The molecular weight excluding hydrogens is 318 g/mol. The van der Waals surface area contributed by atoms with Gasteiger partial charge < -0.3 is 14.6 Å². The van der Waals surface area contributed by atoms with E-state index in [-0.39, 0.29) is 6.04 Å². The number of hydrogen-bond donors (Lipinski definition) is 1. The smallest absolute Gasteiger partial charge is 0.176 e. The second-order valence-corrected chi connectivity index (χ2v) is 7.42. The lowest BCUT2D eigenvalue weighted by Gasteiger charge is -2.28. The van der Waals surface area contributed by atoms with Crippen LogP contribution in [0.3, 0.4) is 0 Å². The number of imidazole rings is 1. The molecule has 0 spiro atoms. The SMILES string of the molecule is CC(C)n1ccnc1C(NCC1CCOC1)c1nnnn1C1CCC1. The van der Waals surface area contributed by atoms with Crippen molar-refractivity contribution in [2.24, 2.45) is 5.92 Å². The summed E-state index contributed by atoms with van der Waals surface area (Å²) in [6, 6.07) is 0.657. The largest absolute Gasteiger partial charge is 0.381 e. The first-order valence-corrected chi connectivity index (χ1v) is 9.35. The minimum atomic E-state index is -0.103. The summed E-state index contributed by atoms with van der Waals surface area (Å²) in [5.74, 6) is 2.39. The molecule has 1 saturated heterocycles. The van der Waals surface area contributed by atoms with E-state index in [1.807, 2.05) is 17.1 Å². The van der Waals surface area contributed by atoms with Crippen LogP contribution in [0.4, 0.5) is 0 Å². The van der Waals surface area contributed by atoms with Gasteiger partial charge in [-0.05, 0) is 55.9 Å². The van der Waals surface area contributed by atoms with Crippen LogP contribution in [0.25, 0.3) is 0 Å². The third kappa shape index (κ3) is 3.32. The number of aromatic nitrogens is 6. The molecule has 0 bridgehead atoms. The lowest BCUT2D eigenvalue weighted by molar-refractivity contribution is 0.184. The topological polar surface area (TPSA) is 82.7 Å². The summed E-state index contributed by atoms with van der Waals surface area (Å²) in [6.07, 6.45) is 8.55.